The number of rotatable bonds is 2. The van der Waals surface area contributed by atoms with E-state index in [1.807, 2.05) is 25.3 Å². The second kappa shape index (κ2) is 5.98. The van der Waals surface area contributed by atoms with Crippen molar-refractivity contribution in [2.75, 3.05) is 18.5 Å². The third-order valence-electron chi connectivity index (χ3n) is 3.83. The summed E-state index contributed by atoms with van der Waals surface area (Å²) < 4.78 is 5.51. The summed E-state index contributed by atoms with van der Waals surface area (Å²) in [6.07, 6.45) is 5.06. The monoisotopic (exact) mass is 290 g/mol. The van der Waals surface area contributed by atoms with Crippen molar-refractivity contribution in [2.24, 2.45) is 0 Å². The van der Waals surface area contributed by atoms with E-state index in [-0.39, 0.29) is 0 Å². The van der Waals surface area contributed by atoms with Crippen molar-refractivity contribution in [3.8, 4) is 0 Å². The van der Waals surface area contributed by atoms with E-state index < -0.39 is 0 Å². The molecule has 1 aromatic heterocycles. The maximum atomic E-state index is 6.45. The molecule has 0 saturated carbocycles. The molecule has 0 amide bonds. The van der Waals surface area contributed by atoms with Gasteiger partial charge in [0.15, 0.2) is 0 Å². The summed E-state index contributed by atoms with van der Waals surface area (Å²) >= 11 is 6.45. The van der Waals surface area contributed by atoms with E-state index in [1.54, 1.807) is 0 Å². The van der Waals surface area contributed by atoms with Gasteiger partial charge in [-0.15, -0.1) is 0 Å². The van der Waals surface area contributed by atoms with Crippen LogP contribution in [0.3, 0.4) is 0 Å². The summed E-state index contributed by atoms with van der Waals surface area (Å²) in [7, 11) is 0. The Hall–Kier alpha value is -1.32. The lowest BCUT2D eigenvalue weighted by atomic mass is 10.1. The van der Waals surface area contributed by atoms with Gasteiger partial charge in [0.25, 0.3) is 0 Å². The number of halogens is 1. The lowest BCUT2D eigenvalue weighted by molar-refractivity contribution is 0.144. The highest BCUT2D eigenvalue weighted by Gasteiger charge is 2.16. The summed E-state index contributed by atoms with van der Waals surface area (Å²) in [4.78, 5) is 4.47. The molecule has 1 aromatic carbocycles. The fourth-order valence-electron chi connectivity index (χ4n) is 2.78. The molecular formula is C16H19ClN2O. The first-order chi connectivity index (χ1) is 9.75. The van der Waals surface area contributed by atoms with Crippen LogP contribution < -0.4 is 5.32 Å². The molecule has 1 unspecified atom stereocenters. The Morgan fingerprint density at radius 1 is 1.35 bits per heavy atom. The zero-order valence-corrected chi connectivity index (χ0v) is 12.4. The van der Waals surface area contributed by atoms with E-state index in [0.29, 0.717) is 6.04 Å². The van der Waals surface area contributed by atoms with Gasteiger partial charge in [-0.3, -0.25) is 4.98 Å². The second-order valence-corrected chi connectivity index (χ2v) is 5.74. The van der Waals surface area contributed by atoms with E-state index >= 15 is 0 Å². The molecule has 0 spiro atoms. The summed E-state index contributed by atoms with van der Waals surface area (Å²) in [5.41, 5.74) is 3.14. The Kier molecular flexibility index (Phi) is 4.08. The minimum Gasteiger partial charge on any atom is -0.381 e. The van der Waals surface area contributed by atoms with Crippen LogP contribution in [-0.2, 0) is 4.74 Å². The Morgan fingerprint density at radius 2 is 2.25 bits per heavy atom. The first-order valence-corrected chi connectivity index (χ1v) is 7.51. The Balaban J connectivity index is 1.97. The minimum atomic E-state index is 0.418. The van der Waals surface area contributed by atoms with Crippen molar-refractivity contribution in [3.63, 3.8) is 0 Å². The van der Waals surface area contributed by atoms with Gasteiger partial charge in [0.2, 0.25) is 0 Å². The van der Waals surface area contributed by atoms with Crippen LogP contribution in [0.4, 0.5) is 5.69 Å². The third kappa shape index (κ3) is 2.74. The van der Waals surface area contributed by atoms with E-state index in [4.69, 9.17) is 16.3 Å². The molecule has 0 bridgehead atoms. The molecule has 0 radical (unpaired) electrons. The predicted molar refractivity (Wildman–Crippen MR) is 83.6 cm³/mol. The topological polar surface area (TPSA) is 34.1 Å². The van der Waals surface area contributed by atoms with Crippen LogP contribution in [0.5, 0.6) is 0 Å². The zero-order chi connectivity index (χ0) is 13.9. The van der Waals surface area contributed by atoms with E-state index in [1.165, 1.54) is 0 Å². The molecule has 3 nitrogen and oxygen atoms in total. The van der Waals surface area contributed by atoms with Gasteiger partial charge in [-0.25, -0.2) is 0 Å². The van der Waals surface area contributed by atoms with Gasteiger partial charge in [0.1, 0.15) is 0 Å². The highest BCUT2D eigenvalue weighted by molar-refractivity contribution is 6.35. The first-order valence-electron chi connectivity index (χ1n) is 7.14. The average molecular weight is 291 g/mol. The van der Waals surface area contributed by atoms with Gasteiger partial charge >= 0.3 is 0 Å². The number of hydrogen-bond donors (Lipinski definition) is 1. The lowest BCUT2D eigenvalue weighted by Gasteiger charge is -2.20. The number of aromatic nitrogens is 1. The molecule has 1 fully saturated rings. The highest BCUT2D eigenvalue weighted by Crippen LogP contribution is 2.33. The number of nitrogens with one attached hydrogen (secondary N) is 1. The molecule has 3 rings (SSSR count). The molecule has 2 heterocycles. The Morgan fingerprint density at radius 3 is 3.15 bits per heavy atom. The van der Waals surface area contributed by atoms with Crippen molar-refractivity contribution in [2.45, 2.75) is 32.2 Å². The van der Waals surface area contributed by atoms with Crippen LogP contribution in [0.15, 0.2) is 24.4 Å². The Labute approximate surface area is 124 Å². The van der Waals surface area contributed by atoms with Crippen molar-refractivity contribution in [3.05, 3.63) is 35.0 Å². The second-order valence-electron chi connectivity index (χ2n) is 5.33. The number of anilines is 1. The number of aryl methyl sites for hydroxylation is 1. The van der Waals surface area contributed by atoms with Gasteiger partial charge in [0.05, 0.1) is 16.2 Å². The van der Waals surface area contributed by atoms with Crippen LogP contribution in [0.2, 0.25) is 5.02 Å². The molecule has 106 valence electrons. The van der Waals surface area contributed by atoms with Crippen LogP contribution in [0.1, 0.15) is 24.8 Å². The van der Waals surface area contributed by atoms with Crippen LogP contribution in [-0.4, -0.2) is 24.2 Å². The summed E-state index contributed by atoms with van der Waals surface area (Å²) in [6, 6.07) is 6.45. The summed E-state index contributed by atoms with van der Waals surface area (Å²) in [6.45, 7) is 3.73. The van der Waals surface area contributed by atoms with Gasteiger partial charge < -0.3 is 10.1 Å². The quantitative estimate of drug-likeness (QED) is 0.901. The molecule has 1 saturated heterocycles. The molecule has 1 aliphatic rings. The molecule has 1 atom stereocenters. The summed E-state index contributed by atoms with van der Waals surface area (Å²) in [5, 5.41) is 5.48. The van der Waals surface area contributed by atoms with Crippen molar-refractivity contribution >= 4 is 28.2 Å². The molecule has 1 N–H and O–H groups in total. The SMILES string of the molecule is Cc1cc(Cl)c(NC2CCCOCC2)c2cccnc12. The number of ether oxygens (including phenoxy) is 1. The number of benzene rings is 1. The first kappa shape index (κ1) is 13.7. The molecule has 4 heteroatoms. The fourth-order valence-corrected chi connectivity index (χ4v) is 3.10. The maximum absolute atomic E-state index is 6.45. The maximum Gasteiger partial charge on any atom is 0.0752 e. The van der Waals surface area contributed by atoms with Gasteiger partial charge in [-0.1, -0.05) is 11.6 Å². The average Bonchev–Trinajstić information content (AvgIpc) is 2.72. The van der Waals surface area contributed by atoms with E-state index in [0.717, 1.165) is 59.7 Å². The largest absolute Gasteiger partial charge is 0.381 e. The number of nitrogens with zero attached hydrogens (tertiary/aromatic N) is 1. The van der Waals surface area contributed by atoms with Gasteiger partial charge in [-0.2, -0.15) is 0 Å². The van der Waals surface area contributed by atoms with Crippen LogP contribution >= 0.6 is 11.6 Å². The normalized spacial score (nSPS) is 19.8. The van der Waals surface area contributed by atoms with Crippen molar-refractivity contribution in [1.29, 1.82) is 0 Å². The van der Waals surface area contributed by atoms with Crippen LogP contribution in [0.25, 0.3) is 10.9 Å². The van der Waals surface area contributed by atoms with Crippen molar-refractivity contribution in [1.82, 2.24) is 4.98 Å². The molecule has 0 aliphatic carbocycles. The summed E-state index contributed by atoms with van der Waals surface area (Å²) in [5.74, 6) is 0. The minimum absolute atomic E-state index is 0.418. The van der Waals surface area contributed by atoms with Gasteiger partial charge in [-0.05, 0) is 49.9 Å². The van der Waals surface area contributed by atoms with E-state index in [2.05, 4.69) is 16.4 Å². The number of fused-ring (bicyclic) bond motifs is 1. The highest BCUT2D eigenvalue weighted by atomic mass is 35.5. The smallest absolute Gasteiger partial charge is 0.0752 e. The van der Waals surface area contributed by atoms with Crippen molar-refractivity contribution < 1.29 is 4.74 Å². The molecular weight excluding hydrogens is 272 g/mol. The van der Waals surface area contributed by atoms with E-state index in [9.17, 15) is 0 Å². The number of hydrogen-bond acceptors (Lipinski definition) is 3. The predicted octanol–water partition coefficient (Wildman–Crippen LogP) is 4.18. The van der Waals surface area contributed by atoms with Crippen LogP contribution in [0, 0.1) is 6.92 Å². The number of pyridine rings is 1. The Bertz CT molecular complexity index is 607. The zero-order valence-electron chi connectivity index (χ0n) is 11.7. The lowest BCUT2D eigenvalue weighted by Crippen LogP contribution is -2.20. The fraction of sp³-hybridized carbons (Fsp3) is 0.438. The standard InChI is InChI=1S/C16H19ClN2O/c1-11-10-14(17)16(13-5-2-7-18-15(11)13)19-12-4-3-8-20-9-6-12/h2,5,7,10,12,19H,3-4,6,8-9H2,1H3. The third-order valence-corrected chi connectivity index (χ3v) is 4.13. The molecule has 20 heavy (non-hydrogen) atoms. The molecule has 1 aliphatic heterocycles. The molecule has 2 aromatic rings. The van der Waals surface area contributed by atoms with Gasteiger partial charge in [0, 0.05) is 30.8 Å².